The molecule has 4 heteroatoms. The van der Waals surface area contributed by atoms with Crippen molar-refractivity contribution in [1.29, 1.82) is 0 Å². The van der Waals surface area contributed by atoms with Crippen LogP contribution >= 0.6 is 11.3 Å². The lowest BCUT2D eigenvalue weighted by Gasteiger charge is -2.27. The number of furan rings is 1. The largest absolute Gasteiger partial charge is 0.455 e. The summed E-state index contributed by atoms with van der Waals surface area (Å²) in [6, 6.07) is 83.3. The molecule has 13 aromatic rings. The summed E-state index contributed by atoms with van der Waals surface area (Å²) in [5.41, 5.74) is 15.4. The second kappa shape index (κ2) is 14.7. The fraction of sp³-hybridized carbons (Fsp3) is 0. The minimum atomic E-state index is 0.906. The van der Waals surface area contributed by atoms with E-state index in [1.54, 1.807) is 0 Å². The summed E-state index contributed by atoms with van der Waals surface area (Å²) in [4.78, 5) is 2.35. The third kappa shape index (κ3) is 5.88. The van der Waals surface area contributed by atoms with Gasteiger partial charge in [-0.15, -0.1) is 11.3 Å². The van der Waals surface area contributed by atoms with Crippen molar-refractivity contribution < 1.29 is 4.42 Å². The standard InChI is InChI=1S/C60H38N2OS/c1-3-14-44(15-4-1)61(45-16-5-2-6-17-45)47-37-42(39-26-28-41(29-27-39)48-21-13-22-51-49-18-8-11-24-56(49)63-59(48)51)36-43(38-47)40-30-32-46(33-31-40)62-54-23-10-7-20-53(54)58-55(62)35-34-52-50-19-9-12-25-57(50)64-60(52)58/h1-38H. The van der Waals surface area contributed by atoms with Crippen LogP contribution in [-0.4, -0.2) is 4.57 Å². The molecule has 0 aliphatic rings. The first-order valence-electron chi connectivity index (χ1n) is 21.7. The molecule has 300 valence electrons. The topological polar surface area (TPSA) is 21.3 Å². The molecule has 0 radical (unpaired) electrons. The molecule has 0 atom stereocenters. The summed E-state index contributed by atoms with van der Waals surface area (Å²) in [7, 11) is 0. The van der Waals surface area contributed by atoms with Crippen LogP contribution in [-0.2, 0) is 0 Å². The predicted molar refractivity (Wildman–Crippen MR) is 272 cm³/mol. The van der Waals surface area contributed by atoms with Crippen LogP contribution in [0.1, 0.15) is 0 Å². The Kier molecular flexibility index (Phi) is 8.40. The molecular formula is C60H38N2OS. The first-order chi connectivity index (χ1) is 31.7. The summed E-state index contributed by atoms with van der Waals surface area (Å²) in [5, 5.41) is 7.51. The van der Waals surface area contributed by atoms with Crippen LogP contribution in [0.15, 0.2) is 235 Å². The Morgan fingerprint density at radius 2 is 0.969 bits per heavy atom. The van der Waals surface area contributed by atoms with Gasteiger partial charge in [-0.05, 0) is 107 Å². The van der Waals surface area contributed by atoms with Gasteiger partial charge in [0, 0.05) is 70.0 Å². The van der Waals surface area contributed by atoms with E-state index in [9.17, 15) is 0 Å². The maximum Gasteiger partial charge on any atom is 0.143 e. The predicted octanol–water partition coefficient (Wildman–Crippen LogP) is 17.5. The number of thiophene rings is 1. The third-order valence-corrected chi connectivity index (χ3v) is 14.0. The molecule has 0 amide bonds. The van der Waals surface area contributed by atoms with Crippen LogP contribution in [0.3, 0.4) is 0 Å². The molecule has 0 bridgehead atoms. The number of para-hydroxylation sites is 5. The van der Waals surface area contributed by atoms with Gasteiger partial charge < -0.3 is 13.9 Å². The molecule has 13 rings (SSSR count). The highest BCUT2D eigenvalue weighted by Crippen LogP contribution is 2.45. The zero-order valence-electron chi connectivity index (χ0n) is 34.7. The van der Waals surface area contributed by atoms with Gasteiger partial charge in [0.2, 0.25) is 0 Å². The van der Waals surface area contributed by atoms with Crippen molar-refractivity contribution in [2.75, 3.05) is 4.90 Å². The zero-order chi connectivity index (χ0) is 42.1. The Morgan fingerprint density at radius 3 is 1.70 bits per heavy atom. The first kappa shape index (κ1) is 36.5. The minimum absolute atomic E-state index is 0.906. The number of fused-ring (bicyclic) bond motifs is 10. The van der Waals surface area contributed by atoms with E-state index < -0.39 is 0 Å². The van der Waals surface area contributed by atoms with Gasteiger partial charge in [-0.2, -0.15) is 0 Å². The van der Waals surface area contributed by atoms with Crippen molar-refractivity contribution in [2.45, 2.75) is 0 Å². The van der Waals surface area contributed by atoms with Crippen LogP contribution < -0.4 is 4.90 Å². The highest BCUT2D eigenvalue weighted by Gasteiger charge is 2.19. The number of hydrogen-bond donors (Lipinski definition) is 0. The van der Waals surface area contributed by atoms with Gasteiger partial charge in [0.15, 0.2) is 0 Å². The molecule has 0 aliphatic carbocycles. The number of rotatable bonds is 7. The molecule has 0 saturated heterocycles. The molecule has 3 nitrogen and oxygen atoms in total. The maximum absolute atomic E-state index is 6.44. The Hall–Kier alpha value is -8.18. The van der Waals surface area contributed by atoms with Gasteiger partial charge in [0.25, 0.3) is 0 Å². The SMILES string of the molecule is c1ccc(N(c2ccccc2)c2cc(-c3ccc(-c4cccc5c4oc4ccccc45)cc3)cc(-c3ccc(-n4c5ccccc5c5c6sc7ccccc7c6ccc54)cc3)c2)cc1. The van der Waals surface area contributed by atoms with E-state index in [-0.39, 0.29) is 0 Å². The Balaban J connectivity index is 0.949. The number of aromatic nitrogens is 1. The normalized spacial score (nSPS) is 11.8. The summed E-state index contributed by atoms with van der Waals surface area (Å²) in [5.74, 6) is 0. The van der Waals surface area contributed by atoms with E-state index in [0.29, 0.717) is 0 Å². The van der Waals surface area contributed by atoms with Crippen LogP contribution in [0.4, 0.5) is 17.1 Å². The average molecular weight is 835 g/mol. The number of benzene rings is 10. The molecule has 10 aromatic carbocycles. The summed E-state index contributed by atoms with van der Waals surface area (Å²) in [6.07, 6.45) is 0. The Labute approximate surface area is 373 Å². The van der Waals surface area contributed by atoms with Gasteiger partial charge >= 0.3 is 0 Å². The Morgan fingerprint density at radius 1 is 0.375 bits per heavy atom. The zero-order valence-corrected chi connectivity index (χ0v) is 35.5. The van der Waals surface area contributed by atoms with E-state index in [1.807, 2.05) is 23.5 Å². The van der Waals surface area contributed by atoms with Gasteiger partial charge in [-0.1, -0.05) is 152 Å². The van der Waals surface area contributed by atoms with Crippen molar-refractivity contribution in [3.8, 4) is 39.1 Å². The van der Waals surface area contributed by atoms with E-state index in [4.69, 9.17) is 4.42 Å². The number of hydrogen-bond acceptors (Lipinski definition) is 3. The van der Waals surface area contributed by atoms with Crippen LogP contribution in [0.5, 0.6) is 0 Å². The molecule has 0 fully saturated rings. The smallest absolute Gasteiger partial charge is 0.143 e. The fourth-order valence-electron chi connectivity index (χ4n) is 9.81. The van der Waals surface area contributed by atoms with E-state index >= 15 is 0 Å². The summed E-state index contributed by atoms with van der Waals surface area (Å²) >= 11 is 1.89. The number of anilines is 3. The van der Waals surface area contributed by atoms with Gasteiger partial charge in [-0.3, -0.25) is 0 Å². The highest BCUT2D eigenvalue weighted by molar-refractivity contribution is 7.26. The van der Waals surface area contributed by atoms with Crippen molar-refractivity contribution in [3.63, 3.8) is 0 Å². The maximum atomic E-state index is 6.44. The minimum Gasteiger partial charge on any atom is -0.455 e. The second-order valence-corrected chi connectivity index (χ2v) is 17.5. The lowest BCUT2D eigenvalue weighted by molar-refractivity contribution is 0.670. The molecule has 0 saturated carbocycles. The van der Waals surface area contributed by atoms with E-state index in [2.05, 4.69) is 228 Å². The lowest BCUT2D eigenvalue weighted by Crippen LogP contribution is -2.10. The van der Waals surface area contributed by atoms with Crippen LogP contribution in [0.25, 0.3) is 103 Å². The van der Waals surface area contributed by atoms with Crippen molar-refractivity contribution in [3.05, 3.63) is 231 Å². The van der Waals surface area contributed by atoms with Crippen LogP contribution in [0, 0.1) is 0 Å². The molecular weight excluding hydrogens is 797 g/mol. The summed E-state index contributed by atoms with van der Waals surface area (Å²) in [6.45, 7) is 0. The summed E-state index contributed by atoms with van der Waals surface area (Å²) < 4.78 is 11.5. The average Bonchev–Trinajstić information content (AvgIpc) is 4.05. The Bertz CT molecular complexity index is 3840. The quantitative estimate of drug-likeness (QED) is 0.159. The van der Waals surface area contributed by atoms with Gasteiger partial charge in [0.05, 0.1) is 11.0 Å². The first-order valence-corrected chi connectivity index (χ1v) is 22.6. The molecule has 3 heterocycles. The van der Waals surface area contributed by atoms with Crippen LogP contribution in [0.2, 0.25) is 0 Å². The molecule has 0 N–H and O–H groups in total. The molecule has 3 aromatic heterocycles. The molecule has 0 spiro atoms. The highest BCUT2D eigenvalue weighted by atomic mass is 32.1. The molecule has 0 unspecified atom stereocenters. The lowest BCUT2D eigenvalue weighted by atomic mass is 9.95. The van der Waals surface area contributed by atoms with Gasteiger partial charge in [0.1, 0.15) is 11.2 Å². The van der Waals surface area contributed by atoms with E-state index in [0.717, 1.165) is 78.1 Å². The second-order valence-electron chi connectivity index (χ2n) is 16.5. The monoisotopic (exact) mass is 834 g/mol. The number of nitrogens with zero attached hydrogens (tertiary/aromatic N) is 2. The van der Waals surface area contributed by atoms with Crippen molar-refractivity contribution >= 4 is 92.3 Å². The van der Waals surface area contributed by atoms with E-state index in [1.165, 1.54) is 42.0 Å². The third-order valence-electron chi connectivity index (χ3n) is 12.8. The fourth-order valence-corrected chi connectivity index (χ4v) is 11.1. The van der Waals surface area contributed by atoms with Crippen molar-refractivity contribution in [1.82, 2.24) is 4.57 Å². The molecule has 0 aliphatic heterocycles. The molecule has 64 heavy (non-hydrogen) atoms. The van der Waals surface area contributed by atoms with Crippen molar-refractivity contribution in [2.24, 2.45) is 0 Å². The van der Waals surface area contributed by atoms with Gasteiger partial charge in [-0.25, -0.2) is 0 Å².